The van der Waals surface area contributed by atoms with Gasteiger partial charge in [-0.15, -0.1) is 0 Å². The van der Waals surface area contributed by atoms with Gasteiger partial charge in [-0.3, -0.25) is 4.68 Å². The lowest BCUT2D eigenvalue weighted by atomic mass is 10.3. The maximum Gasteiger partial charge on any atom is 0.435 e. The Kier molecular flexibility index (Phi) is 4.97. The Balaban J connectivity index is 2.88. The molecule has 1 rings (SSSR count). The van der Waals surface area contributed by atoms with Crippen LogP contribution in [0, 0.1) is 0 Å². The van der Waals surface area contributed by atoms with Crippen molar-refractivity contribution in [3.05, 3.63) is 17.5 Å². The van der Waals surface area contributed by atoms with Gasteiger partial charge in [0.2, 0.25) is 0 Å². The number of hydrogen-bond donors (Lipinski definition) is 0. The summed E-state index contributed by atoms with van der Waals surface area (Å²) in [6.45, 7) is 2.03. The lowest BCUT2D eigenvalue weighted by Crippen LogP contribution is -2.17. The van der Waals surface area contributed by atoms with Gasteiger partial charge in [0.25, 0.3) is 0 Å². The molecular weight excluding hydrogens is 285 g/mol. The van der Waals surface area contributed by atoms with Crippen LogP contribution in [-0.4, -0.2) is 37.2 Å². The average Bonchev–Trinajstić information content (AvgIpc) is 2.58. The molecule has 0 fully saturated rings. The molecule has 0 aliphatic carbocycles. The fourth-order valence-corrected chi connectivity index (χ4v) is 2.72. The van der Waals surface area contributed by atoms with Crippen molar-refractivity contribution in [3.8, 4) is 0 Å². The first-order valence-corrected chi connectivity index (χ1v) is 7.35. The second-order valence-electron chi connectivity index (χ2n) is 3.96. The van der Waals surface area contributed by atoms with Crippen molar-refractivity contribution in [2.24, 2.45) is 7.05 Å². The molecule has 0 aliphatic heterocycles. The van der Waals surface area contributed by atoms with Crippen molar-refractivity contribution in [1.82, 2.24) is 9.78 Å². The Morgan fingerprint density at radius 3 is 2.58 bits per heavy atom. The summed E-state index contributed by atoms with van der Waals surface area (Å²) in [5, 5.41) is 3.26. The summed E-state index contributed by atoms with van der Waals surface area (Å²) in [7, 11) is -2.34. The Morgan fingerprint density at radius 1 is 1.42 bits per heavy atom. The van der Waals surface area contributed by atoms with Gasteiger partial charge in [0.1, 0.15) is 0 Å². The summed E-state index contributed by atoms with van der Waals surface area (Å²) in [5.41, 5.74) is -1.50. The number of aryl methyl sites for hydroxylation is 1. The van der Waals surface area contributed by atoms with E-state index in [4.69, 9.17) is 4.74 Å². The topological polar surface area (TPSA) is 61.2 Å². The van der Waals surface area contributed by atoms with Gasteiger partial charge < -0.3 is 4.74 Å². The van der Waals surface area contributed by atoms with E-state index >= 15 is 0 Å². The molecule has 0 spiro atoms. The highest BCUT2D eigenvalue weighted by molar-refractivity contribution is 7.90. The van der Waals surface area contributed by atoms with Crippen LogP contribution in [0.4, 0.5) is 13.2 Å². The van der Waals surface area contributed by atoms with Crippen LogP contribution in [0.1, 0.15) is 18.2 Å². The molecule has 0 atom stereocenters. The van der Waals surface area contributed by atoms with Crippen LogP contribution in [0.5, 0.6) is 0 Å². The van der Waals surface area contributed by atoms with E-state index in [2.05, 4.69) is 5.10 Å². The van der Waals surface area contributed by atoms with Crippen LogP contribution in [-0.2, 0) is 33.6 Å². The van der Waals surface area contributed by atoms with Crippen molar-refractivity contribution in [2.75, 3.05) is 19.0 Å². The molecule has 0 aliphatic rings. The molecule has 1 aromatic heterocycles. The molecule has 0 radical (unpaired) electrons. The zero-order chi connectivity index (χ0) is 14.7. The molecule has 0 saturated heterocycles. The minimum absolute atomic E-state index is 0.0273. The largest absolute Gasteiger partial charge is 0.435 e. The van der Waals surface area contributed by atoms with Crippen molar-refractivity contribution in [3.63, 3.8) is 0 Å². The van der Waals surface area contributed by atoms with Crippen LogP contribution < -0.4 is 0 Å². The Bertz CT molecular complexity index is 523. The van der Waals surface area contributed by atoms with Crippen molar-refractivity contribution in [2.45, 2.75) is 18.9 Å². The standard InChI is InChI=1S/C10H15F3N2O3S/c1-3-18-4-5-19(16,17)7-8-6-15(2)14-9(8)10(11,12)13/h6H,3-5,7H2,1-2H3. The maximum absolute atomic E-state index is 12.6. The van der Waals surface area contributed by atoms with Crippen molar-refractivity contribution in [1.29, 1.82) is 0 Å². The zero-order valence-electron chi connectivity index (χ0n) is 10.6. The van der Waals surface area contributed by atoms with Crippen LogP contribution >= 0.6 is 0 Å². The van der Waals surface area contributed by atoms with Gasteiger partial charge in [-0.05, 0) is 6.92 Å². The fraction of sp³-hybridized carbons (Fsp3) is 0.700. The highest BCUT2D eigenvalue weighted by Crippen LogP contribution is 2.31. The predicted molar refractivity (Wildman–Crippen MR) is 62.2 cm³/mol. The second kappa shape index (κ2) is 5.91. The first-order valence-electron chi connectivity index (χ1n) is 5.53. The first kappa shape index (κ1) is 16.0. The Hall–Kier alpha value is -1.09. The lowest BCUT2D eigenvalue weighted by Gasteiger charge is -2.07. The normalized spacial score (nSPS) is 12.9. The zero-order valence-corrected chi connectivity index (χ0v) is 11.4. The number of ether oxygens (including phenoxy) is 1. The van der Waals surface area contributed by atoms with Gasteiger partial charge in [-0.1, -0.05) is 0 Å². The smallest absolute Gasteiger partial charge is 0.381 e. The number of aromatic nitrogens is 2. The lowest BCUT2D eigenvalue weighted by molar-refractivity contribution is -0.141. The molecule has 0 unspecified atom stereocenters. The molecule has 5 nitrogen and oxygen atoms in total. The van der Waals surface area contributed by atoms with Gasteiger partial charge in [0.15, 0.2) is 15.5 Å². The minimum Gasteiger partial charge on any atom is -0.381 e. The number of nitrogens with zero attached hydrogens (tertiary/aromatic N) is 2. The Labute approximate surface area is 109 Å². The number of sulfone groups is 1. The maximum atomic E-state index is 12.6. The van der Waals surface area contributed by atoms with E-state index in [-0.39, 0.29) is 17.9 Å². The molecule has 1 aromatic rings. The third kappa shape index (κ3) is 4.83. The number of halogens is 3. The summed E-state index contributed by atoms with van der Waals surface area (Å²) < 4.78 is 67.1. The highest BCUT2D eigenvalue weighted by atomic mass is 32.2. The summed E-state index contributed by atoms with van der Waals surface area (Å²) in [6.07, 6.45) is -3.59. The molecule has 0 amide bonds. The van der Waals surface area contributed by atoms with E-state index in [1.165, 1.54) is 7.05 Å². The van der Waals surface area contributed by atoms with E-state index < -0.39 is 27.5 Å². The van der Waals surface area contributed by atoms with Crippen LogP contribution in [0.3, 0.4) is 0 Å². The average molecular weight is 300 g/mol. The molecule has 1 heterocycles. The van der Waals surface area contributed by atoms with Gasteiger partial charge >= 0.3 is 6.18 Å². The highest BCUT2D eigenvalue weighted by Gasteiger charge is 2.37. The molecule has 0 aromatic carbocycles. The number of rotatable bonds is 6. The molecule has 0 saturated carbocycles. The van der Waals surface area contributed by atoms with Crippen LogP contribution in [0.2, 0.25) is 0 Å². The van der Waals surface area contributed by atoms with Gasteiger partial charge in [0, 0.05) is 25.4 Å². The van der Waals surface area contributed by atoms with Gasteiger partial charge in [0.05, 0.1) is 18.1 Å². The third-order valence-corrected chi connectivity index (χ3v) is 3.83. The van der Waals surface area contributed by atoms with Gasteiger partial charge in [-0.25, -0.2) is 8.42 Å². The van der Waals surface area contributed by atoms with E-state index in [0.717, 1.165) is 10.9 Å². The summed E-state index contributed by atoms with van der Waals surface area (Å²) in [5.74, 6) is -1.00. The predicted octanol–water partition coefficient (Wildman–Crippen LogP) is 1.39. The number of hydrogen-bond acceptors (Lipinski definition) is 4. The monoisotopic (exact) mass is 300 g/mol. The quantitative estimate of drug-likeness (QED) is 0.745. The van der Waals surface area contributed by atoms with Crippen molar-refractivity contribution < 1.29 is 26.3 Å². The second-order valence-corrected chi connectivity index (χ2v) is 6.15. The van der Waals surface area contributed by atoms with Crippen LogP contribution in [0.25, 0.3) is 0 Å². The SMILES string of the molecule is CCOCCS(=O)(=O)Cc1cn(C)nc1C(F)(F)F. The molecule has 19 heavy (non-hydrogen) atoms. The molecule has 9 heteroatoms. The third-order valence-electron chi connectivity index (χ3n) is 2.29. The minimum atomic E-state index is -4.66. The summed E-state index contributed by atoms with van der Waals surface area (Å²) >= 11 is 0. The van der Waals surface area contributed by atoms with Crippen molar-refractivity contribution >= 4 is 9.84 Å². The summed E-state index contributed by atoms with van der Waals surface area (Å²) in [4.78, 5) is 0. The number of alkyl halides is 3. The first-order chi connectivity index (χ1) is 8.65. The van der Waals surface area contributed by atoms with E-state index in [1.807, 2.05) is 0 Å². The van der Waals surface area contributed by atoms with E-state index in [9.17, 15) is 21.6 Å². The molecule has 0 bridgehead atoms. The Morgan fingerprint density at radius 2 is 2.05 bits per heavy atom. The summed E-state index contributed by atoms with van der Waals surface area (Å²) in [6, 6.07) is 0. The van der Waals surface area contributed by atoms with Gasteiger partial charge in [-0.2, -0.15) is 18.3 Å². The fourth-order valence-electron chi connectivity index (χ4n) is 1.52. The molecule has 0 N–H and O–H groups in total. The molecular formula is C10H15F3N2O3S. The molecule has 110 valence electrons. The van der Waals surface area contributed by atoms with Crippen LogP contribution in [0.15, 0.2) is 6.20 Å². The van der Waals surface area contributed by atoms with E-state index in [0.29, 0.717) is 6.61 Å². The van der Waals surface area contributed by atoms with E-state index in [1.54, 1.807) is 6.92 Å².